The van der Waals surface area contributed by atoms with Gasteiger partial charge in [-0.25, -0.2) is 0 Å². The first-order chi connectivity index (χ1) is 8.19. The SMILES string of the molecule is C[C@]1(O)[C@H]2COC[C@@H]2CC[C@H]1[NH+]1CCCCC1. The van der Waals surface area contributed by atoms with Crippen LogP contribution in [-0.4, -0.2) is 43.1 Å². The van der Waals surface area contributed by atoms with Crippen LogP contribution in [0.5, 0.6) is 0 Å². The molecule has 3 rings (SSSR count). The van der Waals surface area contributed by atoms with Gasteiger partial charge in [0.1, 0.15) is 11.6 Å². The lowest BCUT2D eigenvalue weighted by Crippen LogP contribution is -3.19. The van der Waals surface area contributed by atoms with Crippen molar-refractivity contribution in [3.63, 3.8) is 0 Å². The minimum absolute atomic E-state index is 0.385. The average Bonchev–Trinajstić information content (AvgIpc) is 2.80. The van der Waals surface area contributed by atoms with Gasteiger partial charge >= 0.3 is 0 Å². The van der Waals surface area contributed by atoms with Crippen LogP contribution >= 0.6 is 0 Å². The summed E-state index contributed by atoms with van der Waals surface area (Å²) >= 11 is 0. The van der Waals surface area contributed by atoms with Gasteiger partial charge in [0.2, 0.25) is 0 Å². The highest BCUT2D eigenvalue weighted by atomic mass is 16.5. The van der Waals surface area contributed by atoms with Crippen LogP contribution in [0.2, 0.25) is 0 Å². The third-order valence-electron chi connectivity index (χ3n) is 5.47. The molecule has 3 fully saturated rings. The van der Waals surface area contributed by atoms with Crippen molar-refractivity contribution in [2.45, 2.75) is 50.7 Å². The molecule has 3 nitrogen and oxygen atoms in total. The molecule has 2 heterocycles. The number of rotatable bonds is 1. The van der Waals surface area contributed by atoms with Crippen molar-refractivity contribution in [2.75, 3.05) is 26.3 Å². The first kappa shape index (κ1) is 11.9. The Balaban J connectivity index is 1.75. The summed E-state index contributed by atoms with van der Waals surface area (Å²) < 4.78 is 5.59. The molecule has 3 heteroatoms. The first-order valence-corrected chi connectivity index (χ1v) is 7.34. The Kier molecular flexibility index (Phi) is 3.18. The second-order valence-electron chi connectivity index (χ2n) is 6.48. The summed E-state index contributed by atoms with van der Waals surface area (Å²) in [6.07, 6.45) is 6.51. The summed E-state index contributed by atoms with van der Waals surface area (Å²) in [5.41, 5.74) is -0.508. The fourth-order valence-corrected chi connectivity index (χ4v) is 4.43. The molecule has 0 aromatic heterocycles. The van der Waals surface area contributed by atoms with Gasteiger partial charge in [0, 0.05) is 18.9 Å². The number of ether oxygens (including phenoxy) is 1. The fourth-order valence-electron chi connectivity index (χ4n) is 4.43. The van der Waals surface area contributed by atoms with Crippen LogP contribution in [0.25, 0.3) is 0 Å². The lowest BCUT2D eigenvalue weighted by atomic mass is 9.68. The van der Waals surface area contributed by atoms with Gasteiger partial charge in [-0.15, -0.1) is 0 Å². The van der Waals surface area contributed by atoms with E-state index < -0.39 is 5.60 Å². The highest BCUT2D eigenvalue weighted by Gasteiger charge is 2.53. The largest absolute Gasteiger partial charge is 0.384 e. The predicted octanol–water partition coefficient (Wildman–Crippen LogP) is 0.231. The molecule has 0 aromatic rings. The van der Waals surface area contributed by atoms with Gasteiger partial charge in [-0.3, -0.25) is 0 Å². The molecular formula is C14H26NO2+. The molecule has 0 unspecified atom stereocenters. The molecule has 1 saturated carbocycles. The number of hydrogen-bond acceptors (Lipinski definition) is 2. The average molecular weight is 240 g/mol. The lowest BCUT2D eigenvalue weighted by molar-refractivity contribution is -0.939. The molecule has 0 bridgehead atoms. The molecule has 2 aliphatic heterocycles. The maximum Gasteiger partial charge on any atom is 0.119 e. The molecular weight excluding hydrogens is 214 g/mol. The zero-order valence-electron chi connectivity index (χ0n) is 11.0. The third-order valence-corrected chi connectivity index (χ3v) is 5.47. The van der Waals surface area contributed by atoms with Crippen LogP contribution in [0.15, 0.2) is 0 Å². The zero-order chi connectivity index (χ0) is 11.9. The Morgan fingerprint density at radius 2 is 1.88 bits per heavy atom. The fraction of sp³-hybridized carbons (Fsp3) is 1.00. The summed E-state index contributed by atoms with van der Waals surface area (Å²) in [4.78, 5) is 1.66. The van der Waals surface area contributed by atoms with E-state index in [9.17, 15) is 5.11 Å². The van der Waals surface area contributed by atoms with E-state index in [2.05, 4.69) is 6.92 Å². The van der Waals surface area contributed by atoms with E-state index in [1.807, 2.05) is 0 Å². The van der Waals surface area contributed by atoms with Crippen LogP contribution < -0.4 is 4.90 Å². The normalized spacial score (nSPS) is 48.0. The maximum atomic E-state index is 11.0. The van der Waals surface area contributed by atoms with Crippen LogP contribution in [-0.2, 0) is 4.74 Å². The van der Waals surface area contributed by atoms with Gasteiger partial charge in [-0.1, -0.05) is 0 Å². The molecule has 0 amide bonds. The van der Waals surface area contributed by atoms with Gasteiger partial charge < -0.3 is 14.7 Å². The highest BCUT2D eigenvalue weighted by molar-refractivity contribution is 4.99. The standard InChI is InChI=1S/C14H25NO2/c1-14(16)12-10-17-9-11(12)5-6-13(14)15-7-3-2-4-8-15/h11-13,16H,2-10H2,1H3/p+1/t11-,12-,13+,14-/m0/s1. The minimum Gasteiger partial charge on any atom is -0.384 e. The molecule has 2 saturated heterocycles. The lowest BCUT2D eigenvalue weighted by Gasteiger charge is -2.47. The van der Waals surface area contributed by atoms with E-state index in [0.717, 1.165) is 13.2 Å². The molecule has 17 heavy (non-hydrogen) atoms. The number of hydrogen-bond donors (Lipinski definition) is 2. The van der Waals surface area contributed by atoms with E-state index in [-0.39, 0.29) is 0 Å². The van der Waals surface area contributed by atoms with Crippen molar-refractivity contribution in [1.82, 2.24) is 0 Å². The topological polar surface area (TPSA) is 33.9 Å². The molecule has 98 valence electrons. The molecule has 0 radical (unpaired) electrons. The molecule has 0 aromatic carbocycles. The highest BCUT2D eigenvalue weighted by Crippen LogP contribution is 2.40. The van der Waals surface area contributed by atoms with Crippen molar-refractivity contribution in [3.8, 4) is 0 Å². The van der Waals surface area contributed by atoms with Crippen LogP contribution in [0.1, 0.15) is 39.0 Å². The Labute approximate surface area is 104 Å². The minimum atomic E-state index is -0.508. The molecule has 1 aliphatic carbocycles. The quantitative estimate of drug-likeness (QED) is 0.688. The van der Waals surface area contributed by atoms with Gasteiger partial charge in [0.15, 0.2) is 0 Å². The van der Waals surface area contributed by atoms with Crippen molar-refractivity contribution in [1.29, 1.82) is 0 Å². The van der Waals surface area contributed by atoms with E-state index in [4.69, 9.17) is 4.74 Å². The molecule has 4 atom stereocenters. The predicted molar refractivity (Wildman–Crippen MR) is 66.0 cm³/mol. The van der Waals surface area contributed by atoms with Gasteiger partial charge in [0.25, 0.3) is 0 Å². The number of nitrogens with one attached hydrogen (secondary N) is 1. The van der Waals surface area contributed by atoms with Gasteiger partial charge in [0.05, 0.1) is 19.7 Å². The Morgan fingerprint density at radius 3 is 2.65 bits per heavy atom. The summed E-state index contributed by atoms with van der Waals surface area (Å²) in [6.45, 7) is 6.26. The number of aliphatic hydroxyl groups is 1. The van der Waals surface area contributed by atoms with Crippen molar-refractivity contribution in [3.05, 3.63) is 0 Å². The smallest absolute Gasteiger partial charge is 0.119 e. The maximum absolute atomic E-state index is 11.0. The second kappa shape index (κ2) is 4.52. The van der Waals surface area contributed by atoms with Crippen molar-refractivity contribution in [2.24, 2.45) is 11.8 Å². The van der Waals surface area contributed by atoms with E-state index in [0.29, 0.717) is 17.9 Å². The second-order valence-corrected chi connectivity index (χ2v) is 6.48. The number of quaternary nitrogens is 1. The van der Waals surface area contributed by atoms with Gasteiger partial charge in [-0.2, -0.15) is 0 Å². The van der Waals surface area contributed by atoms with E-state index in [1.165, 1.54) is 45.2 Å². The van der Waals surface area contributed by atoms with E-state index >= 15 is 0 Å². The number of piperidine rings is 1. The molecule has 0 spiro atoms. The molecule has 2 N–H and O–H groups in total. The van der Waals surface area contributed by atoms with Crippen LogP contribution in [0, 0.1) is 11.8 Å². The summed E-state index contributed by atoms with van der Waals surface area (Å²) in [7, 11) is 0. The summed E-state index contributed by atoms with van der Waals surface area (Å²) in [6, 6.07) is 0.450. The van der Waals surface area contributed by atoms with Crippen LogP contribution in [0.4, 0.5) is 0 Å². The first-order valence-electron chi connectivity index (χ1n) is 7.34. The van der Waals surface area contributed by atoms with Crippen molar-refractivity contribution < 1.29 is 14.7 Å². The van der Waals surface area contributed by atoms with Crippen LogP contribution in [0.3, 0.4) is 0 Å². The monoisotopic (exact) mass is 240 g/mol. The third kappa shape index (κ3) is 2.02. The molecule has 3 aliphatic rings. The number of likely N-dealkylation sites (tertiary alicyclic amines) is 1. The van der Waals surface area contributed by atoms with E-state index in [1.54, 1.807) is 4.90 Å². The summed E-state index contributed by atoms with van der Waals surface area (Å²) in [5, 5.41) is 11.0. The zero-order valence-corrected chi connectivity index (χ0v) is 11.0. The van der Waals surface area contributed by atoms with Crippen molar-refractivity contribution >= 4 is 0 Å². The Hall–Kier alpha value is -0.120. The Morgan fingerprint density at radius 1 is 1.12 bits per heavy atom. The van der Waals surface area contributed by atoms with Gasteiger partial charge in [-0.05, 0) is 38.5 Å². The summed E-state index contributed by atoms with van der Waals surface area (Å²) in [5.74, 6) is 1.00. The number of fused-ring (bicyclic) bond motifs is 1. The Bertz CT molecular complexity index is 273.